The minimum atomic E-state index is -1.35. The molecule has 2 N–H and O–H groups in total. The molecule has 5 nitrogen and oxygen atoms in total. The SMILES string of the molecule is CC(c1ccc(Br)cc1)N1CC[C@](C[C@](C)(O)CO)(c2ccccc2)OC1=O. The predicted octanol–water partition coefficient (Wildman–Crippen LogP) is 4.38. The Hall–Kier alpha value is -1.89. The van der Waals surface area contributed by atoms with E-state index >= 15 is 0 Å². The summed E-state index contributed by atoms with van der Waals surface area (Å²) in [6, 6.07) is 17.2. The summed E-state index contributed by atoms with van der Waals surface area (Å²) in [4.78, 5) is 14.7. The van der Waals surface area contributed by atoms with E-state index in [1.54, 1.807) is 11.8 Å². The molecule has 1 fully saturated rings. The molecule has 0 spiro atoms. The molecular weight excluding hydrogens is 422 g/mol. The molecule has 1 heterocycles. The summed E-state index contributed by atoms with van der Waals surface area (Å²) in [6.45, 7) is 3.62. The van der Waals surface area contributed by atoms with Crippen LogP contribution in [0.3, 0.4) is 0 Å². The van der Waals surface area contributed by atoms with Crippen molar-refractivity contribution in [2.75, 3.05) is 13.2 Å². The maximum Gasteiger partial charge on any atom is 0.411 e. The molecule has 0 bridgehead atoms. The zero-order valence-electron chi connectivity index (χ0n) is 16.1. The Bertz CT molecular complexity index is 809. The van der Waals surface area contributed by atoms with Crippen molar-refractivity contribution in [3.05, 3.63) is 70.2 Å². The number of halogens is 1. The van der Waals surface area contributed by atoms with Crippen LogP contribution >= 0.6 is 15.9 Å². The molecule has 1 amide bonds. The highest BCUT2D eigenvalue weighted by molar-refractivity contribution is 9.10. The van der Waals surface area contributed by atoms with Gasteiger partial charge in [-0.2, -0.15) is 0 Å². The van der Waals surface area contributed by atoms with Crippen molar-refractivity contribution in [3.63, 3.8) is 0 Å². The van der Waals surface area contributed by atoms with Gasteiger partial charge in [0.15, 0.2) is 0 Å². The number of ether oxygens (including phenoxy) is 1. The van der Waals surface area contributed by atoms with Crippen LogP contribution in [0.4, 0.5) is 4.79 Å². The van der Waals surface area contributed by atoms with E-state index in [0.29, 0.717) is 13.0 Å². The second-order valence-electron chi connectivity index (χ2n) is 7.73. The molecule has 2 aromatic carbocycles. The highest BCUT2D eigenvalue weighted by atomic mass is 79.9. The Morgan fingerprint density at radius 2 is 1.86 bits per heavy atom. The standard InChI is InChI=1S/C22H26BrNO4/c1-16(17-8-10-19(23)11-9-17)24-13-12-22(28-20(24)26,14-21(2,27)15-25)18-6-4-3-5-7-18/h3-11,16,25,27H,12-15H2,1-2H3/t16?,21-,22-/m0/s1. The summed E-state index contributed by atoms with van der Waals surface area (Å²) < 4.78 is 6.97. The average molecular weight is 448 g/mol. The van der Waals surface area contributed by atoms with Crippen LogP contribution in [0.25, 0.3) is 0 Å². The monoisotopic (exact) mass is 447 g/mol. The molecule has 2 aromatic rings. The van der Waals surface area contributed by atoms with Crippen molar-refractivity contribution in [1.29, 1.82) is 0 Å². The second kappa shape index (κ2) is 8.23. The normalized spacial score (nSPS) is 23.0. The number of carbonyl (C=O) groups excluding carboxylic acids is 1. The van der Waals surface area contributed by atoms with Crippen LogP contribution in [0, 0.1) is 0 Å². The molecule has 1 aliphatic rings. The van der Waals surface area contributed by atoms with Gasteiger partial charge in [-0.05, 0) is 37.1 Å². The van der Waals surface area contributed by atoms with Crippen molar-refractivity contribution >= 4 is 22.0 Å². The Labute approximate surface area is 174 Å². The van der Waals surface area contributed by atoms with Gasteiger partial charge in [0, 0.05) is 23.9 Å². The van der Waals surface area contributed by atoms with Crippen molar-refractivity contribution in [3.8, 4) is 0 Å². The van der Waals surface area contributed by atoms with Gasteiger partial charge < -0.3 is 19.8 Å². The first-order valence-corrected chi connectivity index (χ1v) is 10.2. The molecule has 0 aromatic heterocycles. The first-order valence-electron chi connectivity index (χ1n) is 9.40. The lowest BCUT2D eigenvalue weighted by Gasteiger charge is -2.45. The summed E-state index contributed by atoms with van der Waals surface area (Å²) in [5.74, 6) is 0. The highest BCUT2D eigenvalue weighted by Gasteiger charge is 2.47. The van der Waals surface area contributed by atoms with Crippen molar-refractivity contribution < 1.29 is 19.7 Å². The minimum Gasteiger partial charge on any atom is -0.438 e. The lowest BCUT2D eigenvalue weighted by molar-refractivity contribution is -0.117. The average Bonchev–Trinajstić information content (AvgIpc) is 2.68. The smallest absolute Gasteiger partial charge is 0.411 e. The molecule has 1 unspecified atom stereocenters. The van der Waals surface area contributed by atoms with E-state index in [1.165, 1.54) is 0 Å². The van der Waals surface area contributed by atoms with E-state index in [4.69, 9.17) is 4.74 Å². The molecule has 28 heavy (non-hydrogen) atoms. The van der Waals surface area contributed by atoms with Crippen molar-refractivity contribution in [2.24, 2.45) is 0 Å². The maximum absolute atomic E-state index is 13.0. The van der Waals surface area contributed by atoms with Crippen LogP contribution in [0.1, 0.15) is 43.9 Å². The number of cyclic esters (lactones) is 1. The fraction of sp³-hybridized carbons (Fsp3) is 0.409. The fourth-order valence-electron chi connectivity index (χ4n) is 3.78. The largest absolute Gasteiger partial charge is 0.438 e. The lowest BCUT2D eigenvalue weighted by atomic mass is 9.79. The minimum absolute atomic E-state index is 0.132. The number of aliphatic hydroxyl groups is 2. The predicted molar refractivity (Wildman–Crippen MR) is 111 cm³/mol. The van der Waals surface area contributed by atoms with Gasteiger partial charge in [0.1, 0.15) is 5.60 Å². The van der Waals surface area contributed by atoms with Gasteiger partial charge >= 0.3 is 6.09 Å². The number of nitrogens with zero attached hydrogens (tertiary/aromatic N) is 1. The van der Waals surface area contributed by atoms with Crippen LogP contribution in [0.5, 0.6) is 0 Å². The topological polar surface area (TPSA) is 70.0 Å². The summed E-state index contributed by atoms with van der Waals surface area (Å²) in [5.41, 5.74) is -0.474. The van der Waals surface area contributed by atoms with Crippen LogP contribution in [0.2, 0.25) is 0 Å². The molecule has 0 aliphatic carbocycles. The quantitative estimate of drug-likeness (QED) is 0.688. The molecule has 3 atom stereocenters. The van der Waals surface area contributed by atoms with Gasteiger partial charge in [0.2, 0.25) is 0 Å². The highest BCUT2D eigenvalue weighted by Crippen LogP contribution is 2.42. The van der Waals surface area contributed by atoms with E-state index in [-0.39, 0.29) is 12.5 Å². The summed E-state index contributed by atoms with van der Waals surface area (Å²) in [6.07, 6.45) is 0.242. The number of hydrogen-bond acceptors (Lipinski definition) is 4. The molecule has 0 radical (unpaired) electrons. The number of amides is 1. The number of benzene rings is 2. The molecule has 6 heteroatoms. The van der Waals surface area contributed by atoms with E-state index in [2.05, 4.69) is 15.9 Å². The first-order chi connectivity index (χ1) is 13.3. The van der Waals surface area contributed by atoms with E-state index < -0.39 is 23.9 Å². The summed E-state index contributed by atoms with van der Waals surface area (Å²) in [7, 11) is 0. The fourth-order valence-corrected chi connectivity index (χ4v) is 4.05. The van der Waals surface area contributed by atoms with Crippen molar-refractivity contribution in [2.45, 2.75) is 43.9 Å². The second-order valence-corrected chi connectivity index (χ2v) is 8.65. The van der Waals surface area contributed by atoms with Gasteiger partial charge in [-0.3, -0.25) is 0 Å². The summed E-state index contributed by atoms with van der Waals surface area (Å²) in [5, 5.41) is 20.1. The Morgan fingerprint density at radius 3 is 2.43 bits per heavy atom. The molecule has 3 rings (SSSR count). The number of carbonyl (C=O) groups is 1. The van der Waals surface area contributed by atoms with Gasteiger partial charge in [-0.25, -0.2) is 4.79 Å². The van der Waals surface area contributed by atoms with E-state index in [1.807, 2.05) is 61.5 Å². The van der Waals surface area contributed by atoms with E-state index in [0.717, 1.165) is 15.6 Å². The molecular formula is C22H26BrNO4. The van der Waals surface area contributed by atoms with Gasteiger partial charge in [-0.1, -0.05) is 58.4 Å². The van der Waals surface area contributed by atoms with Crippen molar-refractivity contribution in [1.82, 2.24) is 4.90 Å². The van der Waals surface area contributed by atoms with Crippen LogP contribution in [0.15, 0.2) is 59.1 Å². The number of hydrogen-bond donors (Lipinski definition) is 2. The number of rotatable bonds is 6. The number of aliphatic hydroxyl groups excluding tert-OH is 1. The zero-order valence-corrected chi connectivity index (χ0v) is 17.7. The van der Waals surface area contributed by atoms with Crippen LogP contribution in [-0.2, 0) is 10.3 Å². The van der Waals surface area contributed by atoms with Gasteiger partial charge in [0.25, 0.3) is 0 Å². The molecule has 150 valence electrons. The van der Waals surface area contributed by atoms with E-state index in [9.17, 15) is 15.0 Å². The third-order valence-corrected chi connectivity index (χ3v) is 5.93. The third-order valence-electron chi connectivity index (χ3n) is 5.40. The van der Waals surface area contributed by atoms with Gasteiger partial charge in [-0.15, -0.1) is 0 Å². The third kappa shape index (κ3) is 4.40. The molecule has 1 aliphatic heterocycles. The Morgan fingerprint density at radius 1 is 1.21 bits per heavy atom. The Balaban J connectivity index is 1.86. The Kier molecular flexibility index (Phi) is 6.12. The van der Waals surface area contributed by atoms with Crippen LogP contribution in [-0.4, -0.2) is 40.0 Å². The molecule has 0 saturated carbocycles. The first kappa shape index (κ1) is 20.8. The van der Waals surface area contributed by atoms with Crippen LogP contribution < -0.4 is 0 Å². The molecule has 1 saturated heterocycles. The maximum atomic E-state index is 13.0. The van der Waals surface area contributed by atoms with Gasteiger partial charge in [0.05, 0.1) is 18.2 Å². The summed E-state index contributed by atoms with van der Waals surface area (Å²) >= 11 is 3.43. The lowest BCUT2D eigenvalue weighted by Crippen LogP contribution is -2.52. The zero-order chi connectivity index (χ0) is 20.4.